The Balaban J connectivity index is 1.97. The highest BCUT2D eigenvalue weighted by molar-refractivity contribution is 6.76. The van der Waals surface area contributed by atoms with Gasteiger partial charge in [0.15, 0.2) is 0 Å². The van der Waals surface area contributed by atoms with Crippen molar-refractivity contribution in [3.05, 3.63) is 23.0 Å². The molecular weight excluding hydrogens is 256 g/mol. The van der Waals surface area contributed by atoms with Crippen LogP contribution in [0, 0.1) is 6.92 Å². The van der Waals surface area contributed by atoms with E-state index in [1.165, 1.54) is 6.04 Å². The Labute approximate surface area is 116 Å². The second kappa shape index (κ2) is 5.51. The van der Waals surface area contributed by atoms with Crippen molar-refractivity contribution < 1.29 is 9.53 Å². The van der Waals surface area contributed by atoms with E-state index in [0.29, 0.717) is 6.73 Å². The number of amides is 1. The number of nitrogens with zero attached hydrogens (tertiary/aromatic N) is 1. The zero-order valence-corrected chi connectivity index (χ0v) is 13.4. The average molecular weight is 280 g/mol. The molecule has 0 aliphatic carbocycles. The predicted octanol–water partition coefficient (Wildman–Crippen LogP) is 2.39. The van der Waals surface area contributed by atoms with E-state index in [2.05, 4.69) is 35.7 Å². The van der Waals surface area contributed by atoms with Gasteiger partial charge in [-0.2, -0.15) is 0 Å². The molecule has 0 aromatic carbocycles. The van der Waals surface area contributed by atoms with Gasteiger partial charge >= 0.3 is 0 Å². The number of rotatable bonds is 5. The van der Waals surface area contributed by atoms with E-state index in [4.69, 9.17) is 4.74 Å². The van der Waals surface area contributed by atoms with E-state index in [0.717, 1.165) is 36.4 Å². The molecule has 0 bridgehead atoms. The minimum absolute atomic E-state index is 0.0552. The number of carbonyl (C=O) groups excluding carboxylic acids is 1. The predicted molar refractivity (Wildman–Crippen MR) is 79.3 cm³/mol. The van der Waals surface area contributed by atoms with Gasteiger partial charge in [-0.25, -0.2) is 0 Å². The van der Waals surface area contributed by atoms with E-state index < -0.39 is 8.07 Å². The first kappa shape index (κ1) is 14.3. The first-order valence-electron chi connectivity index (χ1n) is 6.93. The van der Waals surface area contributed by atoms with Crippen LogP contribution >= 0.6 is 0 Å². The number of hydrogen-bond acceptors (Lipinski definition) is 2. The molecule has 5 heteroatoms. The summed E-state index contributed by atoms with van der Waals surface area (Å²) in [5, 5.41) is 2.89. The van der Waals surface area contributed by atoms with Crippen molar-refractivity contribution in [3.63, 3.8) is 0 Å². The van der Waals surface area contributed by atoms with Gasteiger partial charge in [-0.05, 0) is 25.0 Å². The molecule has 0 fully saturated rings. The molecule has 1 aliphatic heterocycles. The van der Waals surface area contributed by atoms with Gasteiger partial charge in [0.1, 0.15) is 6.73 Å². The topological polar surface area (TPSA) is 43.3 Å². The van der Waals surface area contributed by atoms with Gasteiger partial charge in [0.2, 0.25) is 0 Å². The summed E-state index contributed by atoms with van der Waals surface area (Å²) in [5.41, 5.74) is 3.01. The third-order valence-electron chi connectivity index (χ3n) is 3.56. The fourth-order valence-electron chi connectivity index (χ4n) is 2.30. The number of aromatic nitrogens is 1. The monoisotopic (exact) mass is 280 g/mol. The molecule has 1 aromatic rings. The SMILES string of the molecule is Cc1c2c(cn1COCC[Si](C)(C)C)CCNC2=O. The van der Waals surface area contributed by atoms with Crippen LogP contribution in [0.15, 0.2) is 6.20 Å². The van der Waals surface area contributed by atoms with Crippen molar-refractivity contribution in [2.24, 2.45) is 0 Å². The van der Waals surface area contributed by atoms with E-state index in [1.54, 1.807) is 0 Å². The molecule has 1 aromatic heterocycles. The summed E-state index contributed by atoms with van der Waals surface area (Å²) in [5.74, 6) is 0.0552. The fourth-order valence-corrected chi connectivity index (χ4v) is 3.06. The second-order valence-electron chi connectivity index (χ2n) is 6.44. The number of hydrogen-bond donors (Lipinski definition) is 1. The molecule has 0 saturated carbocycles. The molecule has 106 valence electrons. The highest BCUT2D eigenvalue weighted by atomic mass is 28.3. The number of carbonyl (C=O) groups is 1. The van der Waals surface area contributed by atoms with Crippen LogP contribution in [0.5, 0.6) is 0 Å². The van der Waals surface area contributed by atoms with Crippen molar-refractivity contribution in [3.8, 4) is 0 Å². The minimum atomic E-state index is -1.03. The summed E-state index contributed by atoms with van der Waals surface area (Å²) in [7, 11) is -1.03. The van der Waals surface area contributed by atoms with E-state index in [-0.39, 0.29) is 5.91 Å². The van der Waals surface area contributed by atoms with Crippen molar-refractivity contribution in [1.82, 2.24) is 9.88 Å². The summed E-state index contributed by atoms with van der Waals surface area (Å²) in [6.07, 6.45) is 2.99. The van der Waals surface area contributed by atoms with E-state index >= 15 is 0 Å². The third kappa shape index (κ3) is 3.48. The molecule has 0 saturated heterocycles. The Hall–Kier alpha value is -1.07. The smallest absolute Gasteiger partial charge is 0.253 e. The number of ether oxygens (including phenoxy) is 1. The quantitative estimate of drug-likeness (QED) is 0.665. The first-order chi connectivity index (χ1) is 8.88. The molecule has 1 amide bonds. The van der Waals surface area contributed by atoms with Crippen LogP contribution in [0.1, 0.15) is 21.6 Å². The van der Waals surface area contributed by atoms with Crippen LogP contribution < -0.4 is 5.32 Å². The van der Waals surface area contributed by atoms with Crippen molar-refractivity contribution in [1.29, 1.82) is 0 Å². The van der Waals surface area contributed by atoms with Gasteiger partial charge in [-0.15, -0.1) is 0 Å². The Kier molecular flexibility index (Phi) is 4.15. The van der Waals surface area contributed by atoms with Crippen LogP contribution in [0.4, 0.5) is 0 Å². The Morgan fingerprint density at radius 1 is 1.42 bits per heavy atom. The Bertz CT molecular complexity index is 475. The summed E-state index contributed by atoms with van der Waals surface area (Å²) >= 11 is 0. The molecule has 0 atom stereocenters. The lowest BCUT2D eigenvalue weighted by molar-refractivity contribution is 0.0857. The molecule has 2 heterocycles. The number of fused-ring (bicyclic) bond motifs is 1. The maximum atomic E-state index is 11.8. The lowest BCUT2D eigenvalue weighted by Gasteiger charge is -2.16. The highest BCUT2D eigenvalue weighted by Gasteiger charge is 2.22. The molecule has 0 spiro atoms. The lowest BCUT2D eigenvalue weighted by atomic mass is 10.0. The van der Waals surface area contributed by atoms with Crippen molar-refractivity contribution in [2.45, 2.75) is 45.8 Å². The van der Waals surface area contributed by atoms with Crippen molar-refractivity contribution in [2.75, 3.05) is 13.2 Å². The van der Waals surface area contributed by atoms with Crippen molar-refractivity contribution >= 4 is 14.0 Å². The molecule has 19 heavy (non-hydrogen) atoms. The molecule has 1 N–H and O–H groups in total. The maximum absolute atomic E-state index is 11.8. The Morgan fingerprint density at radius 3 is 2.79 bits per heavy atom. The minimum Gasteiger partial charge on any atom is -0.361 e. The molecule has 4 nitrogen and oxygen atoms in total. The summed E-state index contributed by atoms with van der Waals surface area (Å²) in [6, 6.07) is 1.17. The number of nitrogens with one attached hydrogen (secondary N) is 1. The zero-order valence-electron chi connectivity index (χ0n) is 12.4. The van der Waals surface area contributed by atoms with Gasteiger partial charge in [-0.3, -0.25) is 4.79 Å². The summed E-state index contributed by atoms with van der Waals surface area (Å²) < 4.78 is 7.81. The van der Waals surface area contributed by atoms with Gasteiger partial charge in [0.25, 0.3) is 5.91 Å². The van der Waals surface area contributed by atoms with Gasteiger partial charge in [-0.1, -0.05) is 19.6 Å². The summed E-state index contributed by atoms with van der Waals surface area (Å²) in [4.78, 5) is 11.8. The van der Waals surface area contributed by atoms with E-state index in [9.17, 15) is 4.79 Å². The van der Waals surface area contributed by atoms with Crippen LogP contribution in [0.25, 0.3) is 0 Å². The van der Waals surface area contributed by atoms with E-state index in [1.807, 2.05) is 6.92 Å². The van der Waals surface area contributed by atoms with Gasteiger partial charge in [0, 0.05) is 33.1 Å². The fraction of sp³-hybridized carbons (Fsp3) is 0.643. The average Bonchev–Trinajstić information content (AvgIpc) is 2.62. The van der Waals surface area contributed by atoms with Gasteiger partial charge in [0.05, 0.1) is 5.56 Å². The molecule has 0 unspecified atom stereocenters. The lowest BCUT2D eigenvalue weighted by Crippen LogP contribution is -2.31. The summed E-state index contributed by atoms with van der Waals surface area (Å²) in [6.45, 7) is 11.1. The van der Waals surface area contributed by atoms with Gasteiger partial charge < -0.3 is 14.6 Å². The van der Waals surface area contributed by atoms with Crippen LogP contribution in [-0.4, -0.2) is 31.7 Å². The normalized spacial score (nSPS) is 15.3. The largest absolute Gasteiger partial charge is 0.361 e. The third-order valence-corrected chi connectivity index (χ3v) is 5.26. The maximum Gasteiger partial charge on any atom is 0.253 e. The molecular formula is C14H24N2O2Si. The Morgan fingerprint density at radius 2 is 2.16 bits per heavy atom. The standard InChI is InChI=1S/C14H24N2O2Si/c1-11-13-12(5-6-15-14(13)17)9-16(11)10-18-7-8-19(2,3)4/h9H,5-8,10H2,1-4H3,(H,15,17). The van der Waals surface area contributed by atoms with Crippen LogP contribution in [-0.2, 0) is 17.9 Å². The van der Waals surface area contributed by atoms with Crippen LogP contribution in [0.3, 0.4) is 0 Å². The highest BCUT2D eigenvalue weighted by Crippen LogP contribution is 2.20. The molecule has 0 radical (unpaired) electrons. The second-order valence-corrected chi connectivity index (χ2v) is 12.1. The molecule has 2 rings (SSSR count). The first-order valence-corrected chi connectivity index (χ1v) is 10.6. The molecule has 1 aliphatic rings. The van der Waals surface area contributed by atoms with Crippen LogP contribution in [0.2, 0.25) is 25.7 Å². The zero-order chi connectivity index (χ0) is 14.0.